The summed E-state index contributed by atoms with van der Waals surface area (Å²) in [6.07, 6.45) is 0. The molecule has 1 amide bonds. The summed E-state index contributed by atoms with van der Waals surface area (Å²) in [7, 11) is -1.78. The molecule has 0 atom stereocenters. The Kier molecular flexibility index (Phi) is 4.72. The van der Waals surface area contributed by atoms with Gasteiger partial charge in [-0.1, -0.05) is 23.8 Å². The van der Waals surface area contributed by atoms with Crippen molar-refractivity contribution in [3.63, 3.8) is 0 Å². The summed E-state index contributed by atoms with van der Waals surface area (Å²) in [6, 6.07) is 14.5. The summed E-state index contributed by atoms with van der Waals surface area (Å²) in [5, 5.41) is 2.90. The fourth-order valence-electron chi connectivity index (χ4n) is 3.26. The van der Waals surface area contributed by atoms with Gasteiger partial charge in [-0.25, -0.2) is 8.42 Å². The van der Waals surface area contributed by atoms with Crippen LogP contribution in [0, 0.1) is 6.92 Å². The van der Waals surface area contributed by atoms with Gasteiger partial charge in [-0.3, -0.25) is 4.79 Å². The average molecular weight is 414 g/mol. The van der Waals surface area contributed by atoms with Crippen molar-refractivity contribution in [1.29, 1.82) is 0 Å². The Balaban J connectivity index is 1.59. The number of ether oxygens (including phenoxy) is 1. The number of hydrogen-bond acceptors (Lipinski definition) is 5. The maximum Gasteiger partial charge on any atom is 0.261 e. The van der Waals surface area contributed by atoms with Crippen LogP contribution in [0.3, 0.4) is 0 Å². The molecular formula is C21H19NO4S2. The van der Waals surface area contributed by atoms with Crippen LogP contribution in [0.15, 0.2) is 53.4 Å². The Morgan fingerprint density at radius 1 is 1.14 bits per heavy atom. The molecule has 5 nitrogen and oxygen atoms in total. The zero-order chi connectivity index (χ0) is 19.9. The van der Waals surface area contributed by atoms with E-state index >= 15 is 0 Å². The fraction of sp³-hybridized carbons (Fsp3) is 0.190. The van der Waals surface area contributed by atoms with Gasteiger partial charge in [-0.2, -0.15) is 0 Å². The first-order valence-electron chi connectivity index (χ1n) is 8.75. The normalized spacial score (nSPS) is 14.1. The minimum absolute atomic E-state index is 0.0688. The Bertz CT molecular complexity index is 1160. The predicted molar refractivity (Wildman–Crippen MR) is 110 cm³/mol. The molecule has 0 bridgehead atoms. The van der Waals surface area contributed by atoms with Gasteiger partial charge in [0.1, 0.15) is 5.75 Å². The Hall–Kier alpha value is -2.64. The molecule has 4 rings (SSSR count). The topological polar surface area (TPSA) is 72.5 Å². The monoisotopic (exact) mass is 413 g/mol. The summed E-state index contributed by atoms with van der Waals surface area (Å²) < 4.78 is 30.3. The molecule has 144 valence electrons. The molecule has 0 radical (unpaired) electrons. The predicted octanol–water partition coefficient (Wildman–Crippen LogP) is 3.95. The molecule has 28 heavy (non-hydrogen) atoms. The minimum Gasteiger partial charge on any atom is -0.497 e. The van der Waals surface area contributed by atoms with Gasteiger partial charge < -0.3 is 10.1 Å². The summed E-state index contributed by atoms with van der Waals surface area (Å²) in [5.74, 6) is 0.485. The Morgan fingerprint density at radius 2 is 1.89 bits per heavy atom. The van der Waals surface area contributed by atoms with Crippen LogP contribution in [-0.4, -0.2) is 21.4 Å². The number of aryl methyl sites for hydroxylation is 1. The molecule has 0 saturated carbocycles. The molecule has 1 aliphatic rings. The Morgan fingerprint density at radius 3 is 2.61 bits per heavy atom. The lowest BCUT2D eigenvalue weighted by Crippen LogP contribution is -2.21. The third-order valence-electron chi connectivity index (χ3n) is 4.71. The maximum atomic E-state index is 12.6. The number of carbonyl (C=O) groups excluding carboxylic acids is 1. The molecule has 0 saturated heterocycles. The average Bonchev–Trinajstić information content (AvgIpc) is 3.09. The molecule has 0 unspecified atom stereocenters. The molecule has 2 aromatic carbocycles. The maximum absolute atomic E-state index is 12.6. The minimum atomic E-state index is -3.38. The van der Waals surface area contributed by atoms with Crippen molar-refractivity contribution in [2.45, 2.75) is 24.1 Å². The van der Waals surface area contributed by atoms with E-state index in [0.717, 1.165) is 21.8 Å². The molecule has 1 aliphatic heterocycles. The van der Waals surface area contributed by atoms with Gasteiger partial charge in [0.05, 0.1) is 22.6 Å². The smallest absolute Gasteiger partial charge is 0.261 e. The highest BCUT2D eigenvalue weighted by atomic mass is 32.2. The quantitative estimate of drug-likeness (QED) is 0.703. The molecule has 7 heteroatoms. The van der Waals surface area contributed by atoms with Crippen LogP contribution in [0.1, 0.15) is 26.4 Å². The number of benzene rings is 2. The van der Waals surface area contributed by atoms with Crippen LogP contribution in [0.5, 0.6) is 5.75 Å². The first-order valence-corrected chi connectivity index (χ1v) is 11.2. The van der Waals surface area contributed by atoms with E-state index in [0.29, 0.717) is 27.4 Å². The molecule has 3 aromatic rings. The van der Waals surface area contributed by atoms with E-state index < -0.39 is 9.84 Å². The molecule has 1 aromatic heterocycles. The van der Waals surface area contributed by atoms with Crippen LogP contribution in [0.4, 0.5) is 0 Å². The number of sulfone groups is 1. The molecular weight excluding hydrogens is 394 g/mol. The van der Waals surface area contributed by atoms with Gasteiger partial charge in [0.25, 0.3) is 5.91 Å². The lowest BCUT2D eigenvalue weighted by Gasteiger charge is -2.17. The number of amides is 1. The lowest BCUT2D eigenvalue weighted by atomic mass is 10.1. The fourth-order valence-corrected chi connectivity index (χ4v) is 6.11. The number of rotatable bonds is 4. The number of methoxy groups -OCH3 is 1. The highest BCUT2D eigenvalue weighted by Gasteiger charge is 2.30. The zero-order valence-corrected chi connectivity index (χ0v) is 17.1. The standard InChI is InChI=1S/C21H19NO4S2/c1-13-3-8-19-17(9-13)20-15(12-28(19,24)25)10-18(27-20)21(23)22-11-14-4-6-16(26-2)7-5-14/h3-10H,11-12H2,1-2H3,(H,22,23). The number of nitrogens with one attached hydrogen (secondary N) is 1. The van der Waals surface area contributed by atoms with Crippen LogP contribution < -0.4 is 10.1 Å². The second-order valence-electron chi connectivity index (χ2n) is 6.75. The number of hydrogen-bond donors (Lipinski definition) is 1. The largest absolute Gasteiger partial charge is 0.497 e. The van der Waals surface area contributed by atoms with Crippen LogP contribution >= 0.6 is 11.3 Å². The number of carbonyl (C=O) groups is 1. The van der Waals surface area contributed by atoms with Crippen molar-refractivity contribution in [3.8, 4) is 16.2 Å². The van der Waals surface area contributed by atoms with E-state index in [1.54, 1.807) is 25.3 Å². The van der Waals surface area contributed by atoms with Gasteiger partial charge in [-0.15, -0.1) is 11.3 Å². The summed E-state index contributed by atoms with van der Waals surface area (Å²) in [4.78, 5) is 14.4. The summed E-state index contributed by atoms with van der Waals surface area (Å²) in [6.45, 7) is 2.32. The van der Waals surface area contributed by atoms with Gasteiger partial charge in [0.2, 0.25) is 0 Å². The highest BCUT2D eigenvalue weighted by molar-refractivity contribution is 7.91. The van der Waals surface area contributed by atoms with E-state index in [1.807, 2.05) is 37.3 Å². The third kappa shape index (κ3) is 3.43. The third-order valence-corrected chi connectivity index (χ3v) is 7.63. The van der Waals surface area contributed by atoms with Crippen LogP contribution in [-0.2, 0) is 22.1 Å². The lowest BCUT2D eigenvalue weighted by molar-refractivity contribution is 0.0955. The van der Waals surface area contributed by atoms with E-state index in [1.165, 1.54) is 11.3 Å². The van der Waals surface area contributed by atoms with E-state index in [9.17, 15) is 13.2 Å². The SMILES string of the molecule is COc1ccc(CNC(=O)c2cc3c(s2)-c2cc(C)ccc2S(=O)(=O)C3)cc1. The van der Waals surface area contributed by atoms with Crippen molar-refractivity contribution < 1.29 is 17.9 Å². The van der Waals surface area contributed by atoms with E-state index in [-0.39, 0.29) is 11.7 Å². The van der Waals surface area contributed by atoms with E-state index in [2.05, 4.69) is 5.32 Å². The molecule has 2 heterocycles. The first kappa shape index (κ1) is 18.7. The number of fused-ring (bicyclic) bond motifs is 3. The second kappa shape index (κ2) is 7.07. The number of thiophene rings is 1. The summed E-state index contributed by atoms with van der Waals surface area (Å²) in [5.41, 5.74) is 3.33. The molecule has 0 aliphatic carbocycles. The van der Waals surface area contributed by atoms with Crippen molar-refractivity contribution in [3.05, 3.63) is 70.1 Å². The van der Waals surface area contributed by atoms with E-state index in [4.69, 9.17) is 4.74 Å². The van der Waals surface area contributed by atoms with Crippen molar-refractivity contribution in [2.24, 2.45) is 0 Å². The van der Waals surface area contributed by atoms with Crippen molar-refractivity contribution >= 4 is 27.1 Å². The van der Waals surface area contributed by atoms with Crippen molar-refractivity contribution in [1.82, 2.24) is 5.32 Å². The van der Waals surface area contributed by atoms with Gasteiger partial charge in [0.15, 0.2) is 9.84 Å². The van der Waals surface area contributed by atoms with Crippen LogP contribution in [0.2, 0.25) is 0 Å². The Labute approximate surface area is 167 Å². The van der Waals surface area contributed by atoms with Gasteiger partial charge in [-0.05, 0) is 48.4 Å². The van der Waals surface area contributed by atoms with Gasteiger partial charge in [0, 0.05) is 17.0 Å². The molecule has 0 fully saturated rings. The zero-order valence-electron chi connectivity index (χ0n) is 15.5. The molecule has 0 spiro atoms. The van der Waals surface area contributed by atoms with Gasteiger partial charge >= 0.3 is 0 Å². The summed E-state index contributed by atoms with van der Waals surface area (Å²) >= 11 is 1.34. The highest BCUT2D eigenvalue weighted by Crippen LogP contribution is 2.43. The molecule has 1 N–H and O–H groups in total. The first-order chi connectivity index (χ1) is 13.4. The van der Waals surface area contributed by atoms with Crippen molar-refractivity contribution in [2.75, 3.05) is 7.11 Å². The second-order valence-corrected chi connectivity index (χ2v) is 9.76. The van der Waals surface area contributed by atoms with Crippen LogP contribution in [0.25, 0.3) is 10.4 Å².